The van der Waals surface area contributed by atoms with Crippen LogP contribution in [0.1, 0.15) is 27.2 Å². The minimum absolute atomic E-state index is 0.0642. The molecule has 0 saturated carbocycles. The van der Waals surface area contributed by atoms with Gasteiger partial charge in [-0.25, -0.2) is 0 Å². The zero-order valence-corrected chi connectivity index (χ0v) is 7.46. The molecule has 0 unspecified atom stereocenters. The number of ether oxygens (including phenoxy) is 2. The Kier molecular flexibility index (Phi) is 2.55. The quantitative estimate of drug-likeness (QED) is 0.536. The Morgan fingerprint density at radius 1 is 1.36 bits per heavy atom. The summed E-state index contributed by atoms with van der Waals surface area (Å²) >= 11 is 0. The Labute approximate surface area is 68.2 Å². The van der Waals surface area contributed by atoms with Gasteiger partial charge < -0.3 is 9.47 Å². The maximum absolute atomic E-state index is 5.48. The van der Waals surface area contributed by atoms with Gasteiger partial charge in [0.05, 0.1) is 12.9 Å². The lowest BCUT2D eigenvalue weighted by molar-refractivity contribution is -0.158. The van der Waals surface area contributed by atoms with Crippen LogP contribution >= 0.6 is 0 Å². The number of rotatable bonds is 0. The van der Waals surface area contributed by atoms with Crippen molar-refractivity contribution in [3.05, 3.63) is 12.3 Å². The first-order valence-corrected chi connectivity index (χ1v) is 4.03. The first-order chi connectivity index (χ1) is 5.11. The summed E-state index contributed by atoms with van der Waals surface area (Å²) in [7, 11) is 0. The number of hydrogen-bond donors (Lipinski definition) is 0. The van der Waals surface area contributed by atoms with Gasteiger partial charge in [0.15, 0.2) is 0 Å². The molecule has 0 aromatic carbocycles. The fourth-order valence-electron chi connectivity index (χ4n) is 0.931. The molecule has 0 radical (unpaired) electrons. The first kappa shape index (κ1) is 8.60. The molecule has 1 aliphatic rings. The molecule has 1 rings (SSSR count). The van der Waals surface area contributed by atoms with E-state index in [-0.39, 0.29) is 11.7 Å². The van der Waals surface area contributed by atoms with Crippen molar-refractivity contribution in [2.75, 3.05) is 6.61 Å². The van der Waals surface area contributed by atoms with Crippen molar-refractivity contribution in [3.63, 3.8) is 0 Å². The van der Waals surface area contributed by atoms with E-state index in [0.29, 0.717) is 0 Å². The highest BCUT2D eigenvalue weighted by Crippen LogP contribution is 2.24. The Balaban J connectivity index is 2.51. The molecular weight excluding hydrogens is 140 g/mol. The minimum atomic E-state index is -0.0961. The smallest absolute Gasteiger partial charge is 0.203 e. The summed E-state index contributed by atoms with van der Waals surface area (Å²) in [5.41, 5.74) is 0.0642. The summed E-state index contributed by atoms with van der Waals surface area (Å²) in [6.07, 6.45) is 4.59. The van der Waals surface area contributed by atoms with E-state index >= 15 is 0 Å². The summed E-state index contributed by atoms with van der Waals surface area (Å²) in [5, 5.41) is 0. The molecule has 1 atom stereocenters. The molecular formula is C9H16O2. The molecule has 0 N–H and O–H groups in total. The van der Waals surface area contributed by atoms with Gasteiger partial charge in [0.1, 0.15) is 0 Å². The molecule has 0 aromatic heterocycles. The van der Waals surface area contributed by atoms with E-state index in [0.717, 1.165) is 13.0 Å². The van der Waals surface area contributed by atoms with E-state index in [1.807, 2.05) is 6.08 Å². The third-order valence-corrected chi connectivity index (χ3v) is 1.56. The molecule has 0 fully saturated rings. The van der Waals surface area contributed by atoms with Crippen molar-refractivity contribution in [3.8, 4) is 0 Å². The van der Waals surface area contributed by atoms with Crippen molar-refractivity contribution in [2.24, 2.45) is 5.41 Å². The van der Waals surface area contributed by atoms with Crippen molar-refractivity contribution in [1.29, 1.82) is 0 Å². The van der Waals surface area contributed by atoms with Gasteiger partial charge >= 0.3 is 0 Å². The van der Waals surface area contributed by atoms with Crippen LogP contribution in [0.3, 0.4) is 0 Å². The normalized spacial score (nSPS) is 25.9. The third kappa shape index (κ3) is 2.54. The molecule has 0 spiro atoms. The van der Waals surface area contributed by atoms with Gasteiger partial charge in [-0.05, 0) is 12.5 Å². The molecule has 2 nitrogen and oxygen atoms in total. The Morgan fingerprint density at radius 2 is 2.09 bits per heavy atom. The van der Waals surface area contributed by atoms with E-state index in [9.17, 15) is 0 Å². The summed E-state index contributed by atoms with van der Waals surface area (Å²) in [6, 6.07) is 0. The average Bonchev–Trinajstić information content (AvgIpc) is 2.10. The molecule has 2 heteroatoms. The standard InChI is InChI=1S/C9H16O2/c1-9(2,3)8-10-6-4-5-7-11-8/h4,6,8H,5,7H2,1-3H3/t8-/m0/s1. The first-order valence-electron chi connectivity index (χ1n) is 4.03. The van der Waals surface area contributed by atoms with Crippen LogP contribution in [0, 0.1) is 5.41 Å². The van der Waals surface area contributed by atoms with E-state index in [1.165, 1.54) is 0 Å². The molecule has 64 valence electrons. The summed E-state index contributed by atoms with van der Waals surface area (Å²) in [6.45, 7) is 7.09. The largest absolute Gasteiger partial charge is 0.472 e. The molecule has 0 aliphatic carbocycles. The lowest BCUT2D eigenvalue weighted by Crippen LogP contribution is -2.30. The van der Waals surface area contributed by atoms with Gasteiger partial charge in [-0.2, -0.15) is 0 Å². The summed E-state index contributed by atoms with van der Waals surface area (Å²) in [5.74, 6) is 0. The van der Waals surface area contributed by atoms with Crippen LogP contribution in [0.5, 0.6) is 0 Å². The Morgan fingerprint density at radius 3 is 2.73 bits per heavy atom. The lowest BCUT2D eigenvalue weighted by Gasteiger charge is -2.28. The zero-order valence-electron chi connectivity index (χ0n) is 7.46. The lowest BCUT2D eigenvalue weighted by atomic mass is 9.96. The average molecular weight is 156 g/mol. The van der Waals surface area contributed by atoms with Gasteiger partial charge in [0.25, 0.3) is 0 Å². The van der Waals surface area contributed by atoms with Crippen LogP contribution in [0.15, 0.2) is 12.3 Å². The predicted octanol–water partition coefficient (Wildman–Crippen LogP) is 2.31. The van der Waals surface area contributed by atoms with Crippen molar-refractivity contribution >= 4 is 0 Å². The Hall–Kier alpha value is -0.500. The highest BCUT2D eigenvalue weighted by atomic mass is 16.7. The van der Waals surface area contributed by atoms with Gasteiger partial charge in [0, 0.05) is 5.41 Å². The minimum Gasteiger partial charge on any atom is -0.472 e. The molecule has 1 aliphatic heterocycles. The zero-order chi connectivity index (χ0) is 8.32. The highest BCUT2D eigenvalue weighted by Gasteiger charge is 2.26. The topological polar surface area (TPSA) is 18.5 Å². The second-order valence-corrected chi connectivity index (χ2v) is 3.87. The van der Waals surface area contributed by atoms with Gasteiger partial charge in [-0.15, -0.1) is 0 Å². The summed E-state index contributed by atoms with van der Waals surface area (Å²) < 4.78 is 10.8. The predicted molar refractivity (Wildman–Crippen MR) is 44.0 cm³/mol. The maximum atomic E-state index is 5.48. The molecule has 11 heavy (non-hydrogen) atoms. The van der Waals surface area contributed by atoms with Crippen LogP contribution in [0.2, 0.25) is 0 Å². The molecule has 0 amide bonds. The second-order valence-electron chi connectivity index (χ2n) is 3.87. The van der Waals surface area contributed by atoms with Crippen LogP contribution in [-0.2, 0) is 9.47 Å². The second kappa shape index (κ2) is 3.26. The molecule has 0 aromatic rings. The maximum Gasteiger partial charge on any atom is 0.203 e. The van der Waals surface area contributed by atoms with Gasteiger partial charge in [-0.3, -0.25) is 0 Å². The van der Waals surface area contributed by atoms with Crippen LogP contribution in [-0.4, -0.2) is 12.9 Å². The molecule has 1 heterocycles. The van der Waals surface area contributed by atoms with E-state index < -0.39 is 0 Å². The number of hydrogen-bond acceptors (Lipinski definition) is 2. The van der Waals surface area contributed by atoms with Crippen molar-refractivity contribution < 1.29 is 9.47 Å². The van der Waals surface area contributed by atoms with E-state index in [2.05, 4.69) is 20.8 Å². The molecule has 0 saturated heterocycles. The van der Waals surface area contributed by atoms with Crippen LogP contribution in [0.4, 0.5) is 0 Å². The van der Waals surface area contributed by atoms with E-state index in [1.54, 1.807) is 6.26 Å². The third-order valence-electron chi connectivity index (χ3n) is 1.56. The van der Waals surface area contributed by atoms with Crippen LogP contribution in [0.25, 0.3) is 0 Å². The van der Waals surface area contributed by atoms with Crippen molar-refractivity contribution in [1.82, 2.24) is 0 Å². The van der Waals surface area contributed by atoms with Gasteiger partial charge in [-0.1, -0.05) is 20.8 Å². The SMILES string of the molecule is CC(C)(C)[C@H]1OC=CCCO1. The summed E-state index contributed by atoms with van der Waals surface area (Å²) in [4.78, 5) is 0. The molecule has 0 bridgehead atoms. The fourth-order valence-corrected chi connectivity index (χ4v) is 0.931. The fraction of sp³-hybridized carbons (Fsp3) is 0.778. The highest BCUT2D eigenvalue weighted by molar-refractivity contribution is 4.79. The Bertz CT molecular complexity index is 144. The van der Waals surface area contributed by atoms with Crippen molar-refractivity contribution in [2.45, 2.75) is 33.5 Å². The van der Waals surface area contributed by atoms with Crippen LogP contribution < -0.4 is 0 Å². The van der Waals surface area contributed by atoms with Gasteiger partial charge in [0.2, 0.25) is 6.29 Å². The van der Waals surface area contributed by atoms with E-state index in [4.69, 9.17) is 9.47 Å². The monoisotopic (exact) mass is 156 g/mol.